The number of carbonyl (C=O) groups excluding carboxylic acids is 1. The van der Waals surface area contributed by atoms with Crippen LogP contribution in [0.15, 0.2) is 6.08 Å². The molecule has 1 unspecified atom stereocenters. The number of hydrogen-bond acceptors (Lipinski definition) is 3. The quantitative estimate of drug-likeness (QED) is 0.775. The Bertz CT molecular complexity index is 510. The lowest BCUT2D eigenvalue weighted by Crippen LogP contribution is -2.43. The van der Waals surface area contributed by atoms with E-state index in [9.17, 15) is 4.79 Å². The van der Waals surface area contributed by atoms with E-state index in [0.29, 0.717) is 24.8 Å². The number of carbonyl (C=O) groups is 1. The van der Waals surface area contributed by atoms with Crippen molar-refractivity contribution in [3.63, 3.8) is 0 Å². The molecule has 2 heterocycles. The van der Waals surface area contributed by atoms with Crippen molar-refractivity contribution in [3.8, 4) is 0 Å². The monoisotopic (exact) mass is 283 g/mol. The first-order valence-corrected chi connectivity index (χ1v) is 6.64. The van der Waals surface area contributed by atoms with Gasteiger partial charge in [0.2, 0.25) is 5.91 Å². The molecule has 1 fully saturated rings. The molecular weight excluding hydrogens is 266 g/mol. The van der Waals surface area contributed by atoms with Crippen LogP contribution in [0.2, 0.25) is 5.15 Å². The highest BCUT2D eigenvalue weighted by Gasteiger charge is 2.19. The van der Waals surface area contributed by atoms with Crippen LogP contribution in [0, 0.1) is 6.92 Å². The highest BCUT2D eigenvalue weighted by molar-refractivity contribution is 6.31. The minimum atomic E-state index is -0.0190. The summed E-state index contributed by atoms with van der Waals surface area (Å²) in [6, 6.07) is 0. The van der Waals surface area contributed by atoms with E-state index < -0.39 is 0 Å². The van der Waals surface area contributed by atoms with Crippen molar-refractivity contribution in [3.05, 3.63) is 22.5 Å². The number of morpholine rings is 1. The Morgan fingerprint density at radius 3 is 2.89 bits per heavy atom. The number of nitrogens with zero attached hydrogens (tertiary/aromatic N) is 3. The average Bonchev–Trinajstić information content (AvgIpc) is 2.61. The standard InChI is InChI=1S/C13H18ClN3O2/c1-9-8-17(6-7-19-9)12(18)5-4-11-10(2)15-16(3)13(11)14/h4-5,9H,6-8H2,1-3H3. The molecule has 0 saturated carbocycles. The fourth-order valence-electron chi connectivity index (χ4n) is 2.11. The van der Waals surface area contributed by atoms with Crippen molar-refractivity contribution in [2.24, 2.45) is 7.05 Å². The molecule has 1 atom stereocenters. The third kappa shape index (κ3) is 3.16. The van der Waals surface area contributed by atoms with Gasteiger partial charge in [-0.3, -0.25) is 9.48 Å². The normalized spacial score (nSPS) is 20.2. The predicted octanol–water partition coefficient (Wildman–Crippen LogP) is 1.64. The van der Waals surface area contributed by atoms with Crippen molar-refractivity contribution < 1.29 is 9.53 Å². The van der Waals surface area contributed by atoms with Gasteiger partial charge in [0.15, 0.2) is 0 Å². The largest absolute Gasteiger partial charge is 0.375 e. The lowest BCUT2D eigenvalue weighted by molar-refractivity contribution is -0.132. The molecule has 5 nitrogen and oxygen atoms in total. The van der Waals surface area contributed by atoms with Gasteiger partial charge in [0.1, 0.15) is 5.15 Å². The maximum absolute atomic E-state index is 12.1. The summed E-state index contributed by atoms with van der Waals surface area (Å²) in [5.74, 6) is -0.0190. The Hall–Kier alpha value is -1.33. The van der Waals surface area contributed by atoms with E-state index in [2.05, 4.69) is 5.10 Å². The SMILES string of the molecule is Cc1nn(C)c(Cl)c1C=CC(=O)N1CCOC(C)C1. The average molecular weight is 284 g/mol. The Kier molecular flexibility index (Phi) is 4.27. The van der Waals surface area contributed by atoms with Gasteiger partial charge in [-0.05, 0) is 19.9 Å². The second kappa shape index (κ2) is 5.75. The minimum Gasteiger partial charge on any atom is -0.375 e. The maximum atomic E-state index is 12.1. The van der Waals surface area contributed by atoms with E-state index >= 15 is 0 Å². The Morgan fingerprint density at radius 1 is 1.58 bits per heavy atom. The molecule has 6 heteroatoms. The molecule has 19 heavy (non-hydrogen) atoms. The molecule has 1 aliphatic rings. The predicted molar refractivity (Wildman–Crippen MR) is 74.0 cm³/mol. The lowest BCUT2D eigenvalue weighted by Gasteiger charge is -2.30. The maximum Gasteiger partial charge on any atom is 0.246 e. The van der Waals surface area contributed by atoms with Crippen molar-refractivity contribution in [2.45, 2.75) is 20.0 Å². The molecule has 1 aromatic rings. The molecule has 0 spiro atoms. The third-order valence-electron chi connectivity index (χ3n) is 3.14. The van der Waals surface area contributed by atoms with Crippen LogP contribution in [-0.2, 0) is 16.6 Å². The number of halogens is 1. The molecule has 2 rings (SSSR count). The molecule has 0 bridgehead atoms. The van der Waals surface area contributed by atoms with E-state index in [1.54, 1.807) is 28.8 Å². The van der Waals surface area contributed by atoms with Gasteiger partial charge in [0.25, 0.3) is 0 Å². The van der Waals surface area contributed by atoms with Crippen LogP contribution in [0.1, 0.15) is 18.2 Å². The number of rotatable bonds is 2. The van der Waals surface area contributed by atoms with Crippen molar-refractivity contribution in [2.75, 3.05) is 19.7 Å². The minimum absolute atomic E-state index is 0.0190. The van der Waals surface area contributed by atoms with Crippen LogP contribution >= 0.6 is 11.6 Å². The second-order valence-corrected chi connectivity index (χ2v) is 5.07. The number of ether oxygens (including phenoxy) is 1. The van der Waals surface area contributed by atoms with E-state index in [1.807, 2.05) is 13.8 Å². The van der Waals surface area contributed by atoms with Gasteiger partial charge < -0.3 is 9.64 Å². The van der Waals surface area contributed by atoms with Crippen LogP contribution in [0.4, 0.5) is 0 Å². The highest BCUT2D eigenvalue weighted by atomic mass is 35.5. The first-order valence-electron chi connectivity index (χ1n) is 6.26. The zero-order valence-electron chi connectivity index (χ0n) is 11.4. The van der Waals surface area contributed by atoms with E-state index in [4.69, 9.17) is 16.3 Å². The number of hydrogen-bond donors (Lipinski definition) is 0. The van der Waals surface area contributed by atoms with Crippen LogP contribution in [0.3, 0.4) is 0 Å². The smallest absolute Gasteiger partial charge is 0.246 e. The van der Waals surface area contributed by atoms with Gasteiger partial charge in [0.05, 0.1) is 18.4 Å². The Morgan fingerprint density at radius 2 is 2.32 bits per heavy atom. The van der Waals surface area contributed by atoms with E-state index in [1.165, 1.54) is 0 Å². The van der Waals surface area contributed by atoms with Crippen LogP contribution < -0.4 is 0 Å². The lowest BCUT2D eigenvalue weighted by atomic mass is 10.2. The second-order valence-electron chi connectivity index (χ2n) is 4.71. The number of aromatic nitrogens is 2. The first kappa shape index (κ1) is 14.1. The summed E-state index contributed by atoms with van der Waals surface area (Å²) < 4.78 is 7.01. The fourth-order valence-corrected chi connectivity index (χ4v) is 2.35. The molecule has 0 radical (unpaired) electrons. The molecule has 0 aliphatic carbocycles. The van der Waals surface area contributed by atoms with Crippen molar-refractivity contribution >= 4 is 23.6 Å². The molecule has 0 N–H and O–H groups in total. The molecule has 1 saturated heterocycles. The molecular formula is C13H18ClN3O2. The number of aryl methyl sites for hydroxylation is 2. The molecule has 0 aromatic carbocycles. The summed E-state index contributed by atoms with van der Waals surface area (Å²) >= 11 is 6.11. The topological polar surface area (TPSA) is 47.4 Å². The zero-order chi connectivity index (χ0) is 14.0. The summed E-state index contributed by atoms with van der Waals surface area (Å²) in [6.07, 6.45) is 3.37. The van der Waals surface area contributed by atoms with Gasteiger partial charge in [-0.15, -0.1) is 0 Å². The summed E-state index contributed by atoms with van der Waals surface area (Å²) in [5.41, 5.74) is 1.60. The Labute approximate surface area is 117 Å². The van der Waals surface area contributed by atoms with Gasteiger partial charge in [-0.1, -0.05) is 11.6 Å². The van der Waals surface area contributed by atoms with E-state index in [0.717, 1.165) is 11.3 Å². The molecule has 1 amide bonds. The summed E-state index contributed by atoms with van der Waals surface area (Å²) in [4.78, 5) is 13.8. The third-order valence-corrected chi connectivity index (χ3v) is 3.59. The van der Waals surface area contributed by atoms with Gasteiger partial charge in [-0.2, -0.15) is 5.10 Å². The van der Waals surface area contributed by atoms with Crippen LogP contribution in [-0.4, -0.2) is 46.4 Å². The van der Waals surface area contributed by atoms with Crippen LogP contribution in [0.5, 0.6) is 0 Å². The summed E-state index contributed by atoms with van der Waals surface area (Å²) in [6.45, 7) is 5.68. The highest BCUT2D eigenvalue weighted by Crippen LogP contribution is 2.20. The number of amides is 1. The van der Waals surface area contributed by atoms with Gasteiger partial charge in [0, 0.05) is 31.8 Å². The molecule has 104 valence electrons. The van der Waals surface area contributed by atoms with Gasteiger partial charge in [-0.25, -0.2) is 0 Å². The Balaban J connectivity index is 2.07. The zero-order valence-corrected chi connectivity index (χ0v) is 12.1. The van der Waals surface area contributed by atoms with Crippen molar-refractivity contribution in [1.29, 1.82) is 0 Å². The fraction of sp³-hybridized carbons (Fsp3) is 0.538. The van der Waals surface area contributed by atoms with Crippen molar-refractivity contribution in [1.82, 2.24) is 14.7 Å². The summed E-state index contributed by atoms with van der Waals surface area (Å²) in [5, 5.41) is 4.74. The summed E-state index contributed by atoms with van der Waals surface area (Å²) in [7, 11) is 1.78. The first-order chi connectivity index (χ1) is 8.99. The molecule has 1 aliphatic heterocycles. The van der Waals surface area contributed by atoms with E-state index in [-0.39, 0.29) is 12.0 Å². The van der Waals surface area contributed by atoms with Gasteiger partial charge >= 0.3 is 0 Å². The van der Waals surface area contributed by atoms with Crippen LogP contribution in [0.25, 0.3) is 6.08 Å². The molecule has 1 aromatic heterocycles.